The number of ether oxygens (including phenoxy) is 1. The average Bonchev–Trinajstić information content (AvgIpc) is 3.55. The highest BCUT2D eigenvalue weighted by Crippen LogP contribution is 2.35. The van der Waals surface area contributed by atoms with Crippen LogP contribution in [0.25, 0.3) is 16.9 Å². The minimum absolute atomic E-state index is 0.0176. The normalized spacial score (nSPS) is 14.0. The smallest absolute Gasteiger partial charge is 0.414 e. The van der Waals surface area contributed by atoms with Gasteiger partial charge in [0.1, 0.15) is 17.6 Å². The maximum absolute atomic E-state index is 14.8. The van der Waals surface area contributed by atoms with Crippen LogP contribution in [0.15, 0.2) is 30.6 Å². The highest BCUT2D eigenvalue weighted by atomic mass is 19.4. The molecule has 3 aromatic heterocycles. The topological polar surface area (TPSA) is 124 Å². The number of carboxylic acid groups (broad SMARTS) is 1. The van der Waals surface area contributed by atoms with E-state index in [2.05, 4.69) is 15.1 Å². The summed E-state index contributed by atoms with van der Waals surface area (Å²) in [4.78, 5) is 21.5. The van der Waals surface area contributed by atoms with Gasteiger partial charge in [-0.2, -0.15) is 18.3 Å². The summed E-state index contributed by atoms with van der Waals surface area (Å²) >= 11 is 0. The lowest BCUT2D eigenvalue weighted by Gasteiger charge is -2.21. The minimum Gasteiger partial charge on any atom is -0.493 e. The molecule has 1 aliphatic rings. The van der Waals surface area contributed by atoms with Crippen LogP contribution >= 0.6 is 0 Å². The van der Waals surface area contributed by atoms with Gasteiger partial charge in [-0.1, -0.05) is 0 Å². The predicted octanol–water partition coefficient (Wildman–Crippen LogP) is 3.76. The molecular weight excluding hydrogens is 498 g/mol. The molecule has 5 rings (SSSR count). The molecule has 4 heterocycles. The van der Waals surface area contributed by atoms with Crippen LogP contribution in [-0.2, 0) is 20.0 Å². The Hall–Kier alpha value is -4.20. The zero-order chi connectivity index (χ0) is 26.6. The van der Waals surface area contributed by atoms with Crippen LogP contribution in [-0.4, -0.2) is 48.1 Å². The van der Waals surface area contributed by atoms with Gasteiger partial charge in [-0.25, -0.2) is 24.1 Å². The molecule has 1 unspecified atom stereocenters. The molecule has 1 aromatic carbocycles. The number of aryl methyl sites for hydroxylation is 2. The van der Waals surface area contributed by atoms with Crippen molar-refractivity contribution < 1.29 is 32.2 Å². The Morgan fingerprint density at radius 1 is 1.35 bits per heavy atom. The summed E-state index contributed by atoms with van der Waals surface area (Å²) in [6, 6.07) is 1.90. The quantitative estimate of drug-likeness (QED) is 0.385. The van der Waals surface area contributed by atoms with Gasteiger partial charge in [0.15, 0.2) is 5.65 Å². The summed E-state index contributed by atoms with van der Waals surface area (Å²) in [5.41, 5.74) is 6.91. The molecule has 0 saturated heterocycles. The summed E-state index contributed by atoms with van der Waals surface area (Å²) in [6.07, 6.45) is -3.62. The van der Waals surface area contributed by atoms with Crippen molar-refractivity contribution in [1.29, 1.82) is 0 Å². The third-order valence-electron chi connectivity index (χ3n) is 6.17. The predicted molar refractivity (Wildman–Crippen MR) is 123 cm³/mol. The van der Waals surface area contributed by atoms with Crippen molar-refractivity contribution in [2.45, 2.75) is 32.1 Å². The van der Waals surface area contributed by atoms with Crippen LogP contribution in [0, 0.1) is 12.7 Å². The number of halogens is 4. The standard InChI is InChI=1S/C23H21F4N7O3/c1-11-7-17(32(2)31-11)13-8-29-21(33-10-16(30-20(13)33)19(28)23(25,26)27)34(22(35)36)9-14-12-5-6-37-18(12)4-3-15(14)24/h3-4,7-8,10,19H,5-6,9,28H2,1-2H3,(H,35,36). The first-order chi connectivity index (χ1) is 17.5. The summed E-state index contributed by atoms with van der Waals surface area (Å²) < 4.78 is 63.2. The SMILES string of the molecule is Cc1cc(-c2cnc(N(Cc3c(F)ccc4c3CCO4)C(=O)O)n3cc(C(N)C(F)(F)F)nc23)n(C)n1. The number of anilines is 1. The van der Waals surface area contributed by atoms with Crippen molar-refractivity contribution in [3.8, 4) is 17.0 Å². The molecule has 37 heavy (non-hydrogen) atoms. The number of hydrogen-bond donors (Lipinski definition) is 2. The number of benzene rings is 1. The lowest BCUT2D eigenvalue weighted by molar-refractivity contribution is -0.149. The molecule has 1 amide bonds. The molecule has 0 radical (unpaired) electrons. The van der Waals surface area contributed by atoms with Crippen molar-refractivity contribution in [2.24, 2.45) is 12.8 Å². The van der Waals surface area contributed by atoms with E-state index in [9.17, 15) is 27.5 Å². The van der Waals surface area contributed by atoms with E-state index in [1.807, 2.05) is 0 Å². The van der Waals surface area contributed by atoms with E-state index in [-0.39, 0.29) is 17.2 Å². The molecule has 14 heteroatoms. The largest absolute Gasteiger partial charge is 0.493 e. The van der Waals surface area contributed by atoms with E-state index < -0.39 is 36.4 Å². The first-order valence-corrected chi connectivity index (χ1v) is 11.1. The van der Waals surface area contributed by atoms with Gasteiger partial charge in [-0.05, 0) is 25.1 Å². The summed E-state index contributed by atoms with van der Waals surface area (Å²) in [5.74, 6) is -0.476. The molecule has 0 aliphatic carbocycles. The number of alkyl halides is 3. The highest BCUT2D eigenvalue weighted by Gasteiger charge is 2.40. The number of nitrogens with zero attached hydrogens (tertiary/aromatic N) is 6. The number of carbonyl (C=O) groups is 1. The fourth-order valence-electron chi connectivity index (χ4n) is 4.41. The first-order valence-electron chi connectivity index (χ1n) is 11.1. The van der Waals surface area contributed by atoms with Crippen molar-refractivity contribution in [2.75, 3.05) is 11.5 Å². The Bertz CT molecular complexity index is 1530. The Morgan fingerprint density at radius 3 is 2.76 bits per heavy atom. The molecule has 0 fully saturated rings. The van der Waals surface area contributed by atoms with Crippen molar-refractivity contribution >= 4 is 17.7 Å². The Balaban J connectivity index is 1.70. The van der Waals surface area contributed by atoms with E-state index in [0.717, 1.165) is 15.5 Å². The Morgan fingerprint density at radius 2 is 2.11 bits per heavy atom. The fourth-order valence-corrected chi connectivity index (χ4v) is 4.41. The fraction of sp³-hybridized carbons (Fsp3) is 0.304. The van der Waals surface area contributed by atoms with E-state index >= 15 is 0 Å². The highest BCUT2D eigenvalue weighted by molar-refractivity contribution is 5.86. The molecule has 194 valence electrons. The molecular formula is C23H21F4N7O3. The van der Waals surface area contributed by atoms with Crippen LogP contribution in [0.5, 0.6) is 5.75 Å². The second-order valence-corrected chi connectivity index (χ2v) is 8.61. The van der Waals surface area contributed by atoms with Crippen LogP contribution in [0.1, 0.15) is 28.6 Å². The lowest BCUT2D eigenvalue weighted by atomic mass is 10.0. The number of aromatic nitrogens is 5. The summed E-state index contributed by atoms with van der Waals surface area (Å²) in [6.45, 7) is 1.60. The van der Waals surface area contributed by atoms with Gasteiger partial charge < -0.3 is 15.6 Å². The van der Waals surface area contributed by atoms with Crippen LogP contribution < -0.4 is 15.4 Å². The van der Waals surface area contributed by atoms with E-state index in [1.165, 1.54) is 23.0 Å². The maximum Gasteiger partial charge on any atom is 0.414 e. The second kappa shape index (κ2) is 8.73. The number of rotatable bonds is 5. The number of fused-ring (bicyclic) bond motifs is 2. The number of nitrogens with two attached hydrogens (primary N) is 1. The number of amides is 1. The Labute approximate surface area is 206 Å². The molecule has 10 nitrogen and oxygen atoms in total. The van der Waals surface area contributed by atoms with Crippen molar-refractivity contribution in [3.05, 3.63) is 58.9 Å². The molecule has 1 aliphatic heterocycles. The zero-order valence-electron chi connectivity index (χ0n) is 19.6. The van der Waals surface area contributed by atoms with Crippen LogP contribution in [0.4, 0.5) is 28.3 Å². The van der Waals surface area contributed by atoms with E-state index in [1.54, 1.807) is 20.0 Å². The van der Waals surface area contributed by atoms with Gasteiger partial charge in [0.2, 0.25) is 5.95 Å². The van der Waals surface area contributed by atoms with Gasteiger partial charge in [-0.15, -0.1) is 0 Å². The molecule has 1 atom stereocenters. The molecule has 0 saturated carbocycles. The van der Waals surface area contributed by atoms with Crippen molar-refractivity contribution in [1.82, 2.24) is 24.1 Å². The Kier molecular flexibility index (Phi) is 5.78. The van der Waals surface area contributed by atoms with Gasteiger partial charge in [0.05, 0.1) is 35.8 Å². The molecule has 3 N–H and O–H groups in total. The summed E-state index contributed by atoms with van der Waals surface area (Å²) in [5, 5.41) is 14.3. The van der Waals surface area contributed by atoms with Crippen LogP contribution in [0.3, 0.4) is 0 Å². The van der Waals surface area contributed by atoms with Gasteiger partial charge in [-0.3, -0.25) is 9.08 Å². The molecule has 4 aromatic rings. The molecule has 0 bridgehead atoms. The third-order valence-corrected chi connectivity index (χ3v) is 6.17. The van der Waals surface area contributed by atoms with Crippen LogP contribution in [0.2, 0.25) is 0 Å². The number of imidazole rings is 1. The van der Waals surface area contributed by atoms with Crippen molar-refractivity contribution in [3.63, 3.8) is 0 Å². The zero-order valence-corrected chi connectivity index (χ0v) is 19.6. The average molecular weight is 519 g/mol. The number of hydrogen-bond acceptors (Lipinski definition) is 6. The summed E-state index contributed by atoms with van der Waals surface area (Å²) in [7, 11) is 1.64. The van der Waals surface area contributed by atoms with Gasteiger partial charge >= 0.3 is 12.3 Å². The lowest BCUT2D eigenvalue weighted by Crippen LogP contribution is -2.32. The first kappa shape index (κ1) is 24.5. The second-order valence-electron chi connectivity index (χ2n) is 8.61. The van der Waals surface area contributed by atoms with E-state index in [4.69, 9.17) is 10.5 Å². The van der Waals surface area contributed by atoms with Gasteiger partial charge in [0, 0.05) is 37.0 Å². The van der Waals surface area contributed by atoms with E-state index in [0.29, 0.717) is 41.3 Å². The molecule has 0 spiro atoms. The third kappa shape index (κ3) is 4.22. The minimum atomic E-state index is -4.80. The van der Waals surface area contributed by atoms with Gasteiger partial charge in [0.25, 0.3) is 0 Å². The maximum atomic E-state index is 14.8. The monoisotopic (exact) mass is 519 g/mol.